The number of hydrogen-bond acceptors (Lipinski definition) is 5. The minimum Gasteiger partial charge on any atom is -0.334 e. The van der Waals surface area contributed by atoms with Crippen LogP contribution < -0.4 is 0 Å². The zero-order chi connectivity index (χ0) is 21.1. The van der Waals surface area contributed by atoms with Crippen LogP contribution in [0.25, 0.3) is 0 Å². The molecule has 0 atom stereocenters. The van der Waals surface area contributed by atoms with E-state index in [1.165, 1.54) is 12.8 Å². The number of nitrogens with zero attached hydrogens (tertiary/aromatic N) is 5. The highest BCUT2D eigenvalue weighted by atomic mass is 32.2. The summed E-state index contributed by atoms with van der Waals surface area (Å²) >= 11 is 0. The number of carbonyl (C=O) groups is 1. The van der Waals surface area contributed by atoms with E-state index in [0.717, 1.165) is 19.6 Å². The van der Waals surface area contributed by atoms with Crippen LogP contribution in [0.3, 0.4) is 0 Å². The van der Waals surface area contributed by atoms with Crippen LogP contribution in [0.15, 0.2) is 47.5 Å². The molecule has 0 bridgehead atoms. The van der Waals surface area contributed by atoms with Gasteiger partial charge in [-0.25, -0.2) is 8.42 Å². The Kier molecular flexibility index (Phi) is 6.21. The lowest BCUT2D eigenvalue weighted by Crippen LogP contribution is -2.63. The Bertz CT molecular complexity index is 964. The summed E-state index contributed by atoms with van der Waals surface area (Å²) in [7, 11) is -3.62. The first-order valence-electron chi connectivity index (χ1n) is 10.6. The zero-order valence-electron chi connectivity index (χ0n) is 17.4. The molecule has 0 N–H and O–H groups in total. The molecule has 2 aromatic rings. The lowest BCUT2D eigenvalue weighted by atomic mass is 10.1. The van der Waals surface area contributed by atoms with Crippen LogP contribution in [0.1, 0.15) is 30.3 Å². The highest BCUT2D eigenvalue weighted by molar-refractivity contribution is 7.89. The standard InChI is InChI=1S/C21H29N5O3S/c1-2-25-20(10-11-22-25)21(27)24-16-18(17-24)26(15-14-23-12-6-7-13-23)30(28,29)19-8-4-3-5-9-19/h3-5,8-11,18H,2,6-7,12-17H2,1H3. The molecule has 3 heterocycles. The molecule has 8 nitrogen and oxygen atoms in total. The van der Waals surface area contributed by atoms with Gasteiger partial charge in [-0.05, 0) is 51.1 Å². The minimum absolute atomic E-state index is 0.0952. The lowest BCUT2D eigenvalue weighted by molar-refractivity contribution is 0.0430. The third-order valence-electron chi connectivity index (χ3n) is 5.98. The quantitative estimate of drug-likeness (QED) is 0.633. The molecule has 2 fully saturated rings. The van der Waals surface area contributed by atoms with Gasteiger partial charge in [-0.15, -0.1) is 0 Å². The third-order valence-corrected chi connectivity index (χ3v) is 7.94. The average molecular weight is 432 g/mol. The molecule has 2 aliphatic rings. The largest absolute Gasteiger partial charge is 0.334 e. The fraction of sp³-hybridized carbons (Fsp3) is 0.524. The summed E-state index contributed by atoms with van der Waals surface area (Å²) in [5.41, 5.74) is 0.547. The predicted molar refractivity (Wildman–Crippen MR) is 114 cm³/mol. The van der Waals surface area contributed by atoms with Gasteiger partial charge in [0.25, 0.3) is 5.91 Å². The molecule has 0 aliphatic carbocycles. The van der Waals surface area contributed by atoms with Crippen LogP contribution >= 0.6 is 0 Å². The number of aryl methyl sites for hydroxylation is 1. The van der Waals surface area contributed by atoms with Crippen LogP contribution in [0.4, 0.5) is 0 Å². The van der Waals surface area contributed by atoms with Gasteiger partial charge in [0.05, 0.1) is 10.9 Å². The SMILES string of the molecule is CCn1nccc1C(=O)N1CC(N(CCN2CCCC2)S(=O)(=O)c2ccccc2)C1. The highest BCUT2D eigenvalue weighted by Crippen LogP contribution is 2.25. The topological polar surface area (TPSA) is 78.8 Å². The van der Waals surface area contributed by atoms with Crippen molar-refractivity contribution in [1.29, 1.82) is 0 Å². The molecule has 2 saturated heterocycles. The number of amides is 1. The lowest BCUT2D eigenvalue weighted by Gasteiger charge is -2.44. The van der Waals surface area contributed by atoms with E-state index in [0.29, 0.717) is 36.8 Å². The second-order valence-electron chi connectivity index (χ2n) is 7.87. The first-order chi connectivity index (χ1) is 14.5. The molecule has 0 spiro atoms. The van der Waals surface area contributed by atoms with E-state index in [9.17, 15) is 13.2 Å². The van der Waals surface area contributed by atoms with Gasteiger partial charge < -0.3 is 9.80 Å². The van der Waals surface area contributed by atoms with Crippen LogP contribution in [0, 0.1) is 0 Å². The fourth-order valence-corrected chi connectivity index (χ4v) is 5.82. The van der Waals surface area contributed by atoms with Gasteiger partial charge in [-0.2, -0.15) is 9.40 Å². The van der Waals surface area contributed by atoms with Gasteiger partial charge in [0.15, 0.2) is 0 Å². The van der Waals surface area contributed by atoms with Crippen molar-refractivity contribution in [2.45, 2.75) is 37.2 Å². The summed E-state index contributed by atoms with van der Waals surface area (Å²) in [6.45, 7) is 6.57. The van der Waals surface area contributed by atoms with Gasteiger partial charge in [0.1, 0.15) is 5.69 Å². The van der Waals surface area contributed by atoms with Crippen molar-refractivity contribution in [1.82, 2.24) is 23.9 Å². The Morgan fingerprint density at radius 3 is 2.50 bits per heavy atom. The molecule has 1 amide bonds. The molecule has 1 aromatic heterocycles. The van der Waals surface area contributed by atoms with Crippen LogP contribution in [0.2, 0.25) is 0 Å². The van der Waals surface area contributed by atoms with E-state index in [1.807, 2.05) is 13.0 Å². The normalized spacial score (nSPS) is 18.1. The third kappa shape index (κ3) is 4.14. The maximum atomic E-state index is 13.4. The Morgan fingerprint density at radius 1 is 1.13 bits per heavy atom. The van der Waals surface area contributed by atoms with E-state index in [4.69, 9.17) is 0 Å². The Hall–Kier alpha value is -2.23. The molecule has 1 aromatic carbocycles. The summed E-state index contributed by atoms with van der Waals surface area (Å²) in [4.78, 5) is 17.1. The molecular weight excluding hydrogens is 402 g/mol. The van der Waals surface area contributed by atoms with Crippen molar-refractivity contribution < 1.29 is 13.2 Å². The van der Waals surface area contributed by atoms with E-state index >= 15 is 0 Å². The second kappa shape index (κ2) is 8.87. The van der Waals surface area contributed by atoms with Gasteiger partial charge in [-0.1, -0.05) is 18.2 Å². The summed E-state index contributed by atoms with van der Waals surface area (Å²) in [5, 5.41) is 4.16. The fourth-order valence-electron chi connectivity index (χ4n) is 4.20. The van der Waals surface area contributed by atoms with E-state index in [2.05, 4.69) is 10.00 Å². The minimum atomic E-state index is -3.62. The molecule has 2 aliphatic heterocycles. The summed E-state index contributed by atoms with van der Waals surface area (Å²) in [5.74, 6) is -0.0952. The van der Waals surface area contributed by atoms with E-state index in [1.54, 1.807) is 50.4 Å². The Balaban J connectivity index is 1.48. The Labute approximate surface area is 178 Å². The second-order valence-corrected chi connectivity index (χ2v) is 9.76. The van der Waals surface area contributed by atoms with Gasteiger partial charge in [0, 0.05) is 38.9 Å². The first-order valence-corrected chi connectivity index (χ1v) is 12.0. The van der Waals surface area contributed by atoms with Crippen molar-refractivity contribution in [3.63, 3.8) is 0 Å². The van der Waals surface area contributed by atoms with E-state index in [-0.39, 0.29) is 11.9 Å². The molecule has 9 heteroatoms. The number of aromatic nitrogens is 2. The molecular formula is C21H29N5O3S. The predicted octanol–water partition coefficient (Wildman–Crippen LogP) is 1.51. The summed E-state index contributed by atoms with van der Waals surface area (Å²) in [6.07, 6.45) is 3.96. The number of sulfonamides is 1. The smallest absolute Gasteiger partial charge is 0.272 e. The van der Waals surface area contributed by atoms with Crippen molar-refractivity contribution >= 4 is 15.9 Å². The van der Waals surface area contributed by atoms with Gasteiger partial charge >= 0.3 is 0 Å². The zero-order valence-corrected chi connectivity index (χ0v) is 18.2. The first kappa shape index (κ1) is 21.0. The highest BCUT2D eigenvalue weighted by Gasteiger charge is 2.41. The number of likely N-dealkylation sites (tertiary alicyclic amines) is 2. The average Bonchev–Trinajstić information content (AvgIpc) is 3.41. The molecule has 0 radical (unpaired) electrons. The molecule has 0 saturated carbocycles. The van der Waals surface area contributed by atoms with Gasteiger partial charge in [-0.3, -0.25) is 9.48 Å². The van der Waals surface area contributed by atoms with Crippen molar-refractivity contribution in [2.24, 2.45) is 0 Å². The van der Waals surface area contributed by atoms with Crippen LogP contribution in [-0.4, -0.2) is 83.5 Å². The van der Waals surface area contributed by atoms with Crippen molar-refractivity contribution in [3.8, 4) is 0 Å². The summed E-state index contributed by atoms with van der Waals surface area (Å²) < 4.78 is 30.0. The molecule has 30 heavy (non-hydrogen) atoms. The van der Waals surface area contributed by atoms with Gasteiger partial charge in [0.2, 0.25) is 10.0 Å². The maximum Gasteiger partial charge on any atom is 0.272 e. The number of benzene rings is 1. The van der Waals surface area contributed by atoms with Crippen LogP contribution in [0.5, 0.6) is 0 Å². The Morgan fingerprint density at radius 2 is 1.83 bits per heavy atom. The summed E-state index contributed by atoms with van der Waals surface area (Å²) in [6, 6.07) is 10.1. The number of hydrogen-bond donors (Lipinski definition) is 0. The maximum absolute atomic E-state index is 13.4. The van der Waals surface area contributed by atoms with E-state index < -0.39 is 10.0 Å². The number of carbonyl (C=O) groups excluding carboxylic acids is 1. The van der Waals surface area contributed by atoms with Crippen molar-refractivity contribution in [3.05, 3.63) is 48.3 Å². The molecule has 0 unspecified atom stereocenters. The molecule has 162 valence electrons. The van der Waals surface area contributed by atoms with Crippen molar-refractivity contribution in [2.75, 3.05) is 39.3 Å². The number of rotatable bonds is 8. The molecule has 4 rings (SSSR count). The van der Waals surface area contributed by atoms with Crippen LogP contribution in [-0.2, 0) is 16.6 Å². The monoisotopic (exact) mass is 431 g/mol.